The molecular formula is C15H24N2O3. The summed E-state index contributed by atoms with van der Waals surface area (Å²) in [5.74, 6) is -0.514. The fourth-order valence-electron chi connectivity index (χ4n) is 1.77. The Bertz CT molecular complexity index is 421. The van der Waals surface area contributed by atoms with E-state index in [0.717, 1.165) is 26.1 Å². The van der Waals surface area contributed by atoms with Crippen LogP contribution in [0.15, 0.2) is 24.3 Å². The number of aromatic carboxylic acids is 1. The second kappa shape index (κ2) is 8.55. The largest absolute Gasteiger partial charge is 0.493 e. The molecule has 0 aliphatic heterocycles. The number of carboxylic acid groups (broad SMARTS) is 1. The third-order valence-electron chi connectivity index (χ3n) is 2.99. The van der Waals surface area contributed by atoms with Crippen LogP contribution >= 0.6 is 0 Å². The van der Waals surface area contributed by atoms with Gasteiger partial charge in [-0.1, -0.05) is 12.1 Å². The first-order chi connectivity index (χ1) is 9.50. The predicted molar refractivity (Wildman–Crippen MR) is 79.6 cm³/mol. The molecule has 0 aromatic heterocycles. The van der Waals surface area contributed by atoms with Crippen molar-refractivity contribution in [1.82, 2.24) is 9.80 Å². The molecule has 20 heavy (non-hydrogen) atoms. The van der Waals surface area contributed by atoms with Crippen molar-refractivity contribution in [1.29, 1.82) is 0 Å². The van der Waals surface area contributed by atoms with E-state index in [0.29, 0.717) is 12.4 Å². The third kappa shape index (κ3) is 6.04. The molecule has 0 saturated heterocycles. The molecule has 0 unspecified atom stereocenters. The van der Waals surface area contributed by atoms with Gasteiger partial charge in [-0.3, -0.25) is 0 Å². The van der Waals surface area contributed by atoms with Crippen LogP contribution in [0.4, 0.5) is 0 Å². The number of para-hydroxylation sites is 1. The van der Waals surface area contributed by atoms with Gasteiger partial charge in [0.05, 0.1) is 6.61 Å². The Kier molecular flexibility index (Phi) is 7.04. The van der Waals surface area contributed by atoms with E-state index in [4.69, 9.17) is 9.84 Å². The van der Waals surface area contributed by atoms with Gasteiger partial charge >= 0.3 is 5.97 Å². The standard InChI is InChI=1S/C15H24N2O3/c1-16(2)10-11-17(3)9-6-12-20-14-8-5-4-7-13(14)15(18)19/h4-5,7-8H,6,9-12H2,1-3H3,(H,18,19). The van der Waals surface area contributed by atoms with Crippen molar-refractivity contribution in [2.75, 3.05) is 47.4 Å². The highest BCUT2D eigenvalue weighted by Gasteiger charge is 2.09. The van der Waals surface area contributed by atoms with Gasteiger partial charge in [0, 0.05) is 19.6 Å². The molecule has 1 rings (SSSR count). The molecule has 0 bridgehead atoms. The molecule has 0 radical (unpaired) electrons. The van der Waals surface area contributed by atoms with Crippen LogP contribution in [0.25, 0.3) is 0 Å². The normalized spacial score (nSPS) is 11.1. The Labute approximate surface area is 120 Å². The Hall–Kier alpha value is -1.59. The summed E-state index contributed by atoms with van der Waals surface area (Å²) in [4.78, 5) is 15.4. The Morgan fingerprint density at radius 1 is 1.15 bits per heavy atom. The maximum Gasteiger partial charge on any atom is 0.339 e. The van der Waals surface area contributed by atoms with E-state index in [1.165, 1.54) is 0 Å². The Morgan fingerprint density at radius 3 is 2.50 bits per heavy atom. The van der Waals surface area contributed by atoms with E-state index in [1.807, 2.05) is 0 Å². The van der Waals surface area contributed by atoms with Crippen molar-refractivity contribution >= 4 is 5.97 Å². The quantitative estimate of drug-likeness (QED) is 0.697. The van der Waals surface area contributed by atoms with Gasteiger partial charge in [-0.25, -0.2) is 4.79 Å². The number of benzene rings is 1. The number of carbonyl (C=O) groups is 1. The molecule has 5 nitrogen and oxygen atoms in total. The molecule has 1 aromatic carbocycles. The van der Waals surface area contributed by atoms with E-state index in [9.17, 15) is 4.79 Å². The minimum atomic E-state index is -0.955. The summed E-state index contributed by atoms with van der Waals surface area (Å²) < 4.78 is 5.56. The van der Waals surface area contributed by atoms with Crippen LogP contribution in [0.5, 0.6) is 5.75 Å². The van der Waals surface area contributed by atoms with Gasteiger partial charge in [0.2, 0.25) is 0 Å². The highest BCUT2D eigenvalue weighted by Crippen LogP contribution is 2.17. The minimum absolute atomic E-state index is 0.216. The molecule has 5 heteroatoms. The van der Waals surface area contributed by atoms with E-state index in [-0.39, 0.29) is 5.56 Å². The second-order valence-electron chi connectivity index (χ2n) is 5.11. The number of hydrogen-bond donors (Lipinski definition) is 1. The van der Waals surface area contributed by atoms with Crippen LogP contribution in [0.3, 0.4) is 0 Å². The monoisotopic (exact) mass is 280 g/mol. The maximum atomic E-state index is 11.0. The van der Waals surface area contributed by atoms with Crippen molar-refractivity contribution in [3.63, 3.8) is 0 Å². The van der Waals surface area contributed by atoms with Gasteiger partial charge in [0.1, 0.15) is 11.3 Å². The Balaban J connectivity index is 2.29. The van der Waals surface area contributed by atoms with Gasteiger partial charge < -0.3 is 19.6 Å². The van der Waals surface area contributed by atoms with E-state index in [2.05, 4.69) is 30.9 Å². The van der Waals surface area contributed by atoms with Crippen LogP contribution in [0.2, 0.25) is 0 Å². The summed E-state index contributed by atoms with van der Waals surface area (Å²) >= 11 is 0. The van der Waals surface area contributed by atoms with Crippen molar-refractivity contribution in [3.05, 3.63) is 29.8 Å². The molecule has 0 saturated carbocycles. The van der Waals surface area contributed by atoms with Crippen LogP contribution in [0, 0.1) is 0 Å². The van der Waals surface area contributed by atoms with E-state index in [1.54, 1.807) is 24.3 Å². The summed E-state index contributed by atoms with van der Waals surface area (Å²) in [5, 5.41) is 9.04. The molecule has 1 aromatic rings. The second-order valence-corrected chi connectivity index (χ2v) is 5.11. The molecule has 0 heterocycles. The third-order valence-corrected chi connectivity index (χ3v) is 2.99. The lowest BCUT2D eigenvalue weighted by atomic mass is 10.2. The summed E-state index contributed by atoms with van der Waals surface area (Å²) in [5.41, 5.74) is 0.216. The molecule has 0 amide bonds. The molecule has 112 valence electrons. The lowest BCUT2D eigenvalue weighted by molar-refractivity contribution is 0.0692. The van der Waals surface area contributed by atoms with Crippen LogP contribution in [-0.2, 0) is 0 Å². The highest BCUT2D eigenvalue weighted by molar-refractivity contribution is 5.90. The molecule has 1 N–H and O–H groups in total. The average Bonchev–Trinajstić information content (AvgIpc) is 2.41. The first-order valence-electron chi connectivity index (χ1n) is 6.79. The van der Waals surface area contributed by atoms with Gasteiger partial charge in [-0.15, -0.1) is 0 Å². The number of nitrogens with zero attached hydrogens (tertiary/aromatic N) is 2. The number of ether oxygens (including phenoxy) is 1. The van der Waals surface area contributed by atoms with Gasteiger partial charge in [-0.05, 0) is 39.7 Å². The summed E-state index contributed by atoms with van der Waals surface area (Å²) in [6, 6.07) is 6.73. The lowest BCUT2D eigenvalue weighted by Gasteiger charge is -2.19. The molecular weight excluding hydrogens is 256 g/mol. The number of likely N-dealkylation sites (N-methyl/N-ethyl adjacent to an activating group) is 2. The first-order valence-corrected chi connectivity index (χ1v) is 6.79. The first kappa shape index (κ1) is 16.5. The summed E-state index contributed by atoms with van der Waals surface area (Å²) in [6.45, 7) is 3.50. The SMILES string of the molecule is CN(C)CCN(C)CCCOc1ccccc1C(=O)O. The Morgan fingerprint density at radius 2 is 1.85 bits per heavy atom. The number of rotatable bonds is 9. The van der Waals surface area contributed by atoms with E-state index >= 15 is 0 Å². The molecule has 0 spiro atoms. The zero-order valence-electron chi connectivity index (χ0n) is 12.5. The number of hydrogen-bond acceptors (Lipinski definition) is 4. The van der Waals surface area contributed by atoms with Crippen LogP contribution in [0.1, 0.15) is 16.8 Å². The fourth-order valence-corrected chi connectivity index (χ4v) is 1.77. The lowest BCUT2D eigenvalue weighted by Crippen LogP contribution is -2.30. The zero-order valence-corrected chi connectivity index (χ0v) is 12.5. The van der Waals surface area contributed by atoms with Crippen molar-refractivity contribution in [3.8, 4) is 5.75 Å². The van der Waals surface area contributed by atoms with E-state index < -0.39 is 5.97 Å². The summed E-state index contributed by atoms with van der Waals surface area (Å²) in [6.07, 6.45) is 0.873. The molecule has 0 aliphatic rings. The zero-order chi connectivity index (χ0) is 15.0. The average molecular weight is 280 g/mol. The van der Waals surface area contributed by atoms with Crippen molar-refractivity contribution in [2.45, 2.75) is 6.42 Å². The molecule has 0 aliphatic carbocycles. The molecule has 0 atom stereocenters. The van der Waals surface area contributed by atoms with Crippen LogP contribution in [-0.4, -0.2) is 68.3 Å². The smallest absolute Gasteiger partial charge is 0.339 e. The molecule has 0 fully saturated rings. The highest BCUT2D eigenvalue weighted by atomic mass is 16.5. The van der Waals surface area contributed by atoms with Crippen molar-refractivity contribution in [2.24, 2.45) is 0 Å². The minimum Gasteiger partial charge on any atom is -0.493 e. The topological polar surface area (TPSA) is 53.0 Å². The van der Waals surface area contributed by atoms with Gasteiger partial charge in [-0.2, -0.15) is 0 Å². The summed E-state index contributed by atoms with van der Waals surface area (Å²) in [7, 11) is 6.19. The van der Waals surface area contributed by atoms with Crippen molar-refractivity contribution < 1.29 is 14.6 Å². The van der Waals surface area contributed by atoms with Crippen LogP contribution < -0.4 is 4.74 Å². The van der Waals surface area contributed by atoms with Gasteiger partial charge in [0.15, 0.2) is 0 Å². The fraction of sp³-hybridized carbons (Fsp3) is 0.533. The number of carboxylic acids is 1. The predicted octanol–water partition coefficient (Wildman–Crippen LogP) is 1.65. The van der Waals surface area contributed by atoms with Gasteiger partial charge in [0.25, 0.3) is 0 Å². The maximum absolute atomic E-state index is 11.0.